The molecule has 0 amide bonds. The van der Waals surface area contributed by atoms with Crippen LogP contribution in [-0.2, 0) is 0 Å². The summed E-state index contributed by atoms with van der Waals surface area (Å²) in [4.78, 5) is 7.08. The molecule has 0 N–H and O–H groups in total. The highest BCUT2D eigenvalue weighted by Crippen LogP contribution is 2.49. The quantitative estimate of drug-likeness (QED) is 0.172. The second-order valence-corrected chi connectivity index (χ2v) is 14.5. The van der Waals surface area contributed by atoms with Crippen LogP contribution in [0.25, 0.3) is 82.1 Å². The average Bonchev–Trinajstić information content (AvgIpc) is 3.87. The number of hydrogen-bond acceptors (Lipinski definition) is 2. The van der Waals surface area contributed by atoms with E-state index in [1.807, 2.05) is 12.4 Å². The number of anilines is 3. The summed E-state index contributed by atoms with van der Waals surface area (Å²) in [7, 11) is 0. The molecular formula is C49H33N5. The van der Waals surface area contributed by atoms with Gasteiger partial charge in [0.05, 0.1) is 61.7 Å². The first-order valence-corrected chi connectivity index (χ1v) is 18.6. The van der Waals surface area contributed by atoms with Crippen molar-refractivity contribution in [1.29, 1.82) is 0 Å². The highest BCUT2D eigenvalue weighted by atomic mass is 15.2. The van der Waals surface area contributed by atoms with E-state index in [2.05, 4.69) is 189 Å². The summed E-state index contributed by atoms with van der Waals surface area (Å²) in [5.74, 6) is 0. The molecule has 254 valence electrons. The molecule has 5 heteroatoms. The topological polar surface area (TPSA) is 29.9 Å². The molecule has 5 nitrogen and oxygen atoms in total. The summed E-state index contributed by atoms with van der Waals surface area (Å²) in [5, 5.41) is 7.37. The van der Waals surface area contributed by atoms with Crippen LogP contribution in [0.3, 0.4) is 0 Å². The van der Waals surface area contributed by atoms with Crippen LogP contribution in [0.15, 0.2) is 164 Å². The molecule has 7 aromatic carbocycles. The van der Waals surface area contributed by atoms with Crippen molar-refractivity contribution >= 4 is 93.5 Å². The van der Waals surface area contributed by atoms with Crippen LogP contribution in [0.1, 0.15) is 11.1 Å². The SMILES string of the molecule is Cc1ccccc1N(c1ccccc1C)c1ccc2c3c1c1ccccc1n3c1ccc(-n3c4ccccc4c4ccncc43)c3c4ccccc4n2c31. The van der Waals surface area contributed by atoms with Gasteiger partial charge in [0.2, 0.25) is 0 Å². The number of para-hydroxylation sites is 5. The van der Waals surface area contributed by atoms with E-state index in [0.717, 1.165) is 16.9 Å². The standard InChI is InChI=1S/C49H33N5/c1-30-13-3-8-18-36(30)51(37-19-9-4-14-31(37)2)41-23-25-43-48-46(41)34-16-6-11-21-39(34)53(48)44-26-24-42(47-35-17-7-12-22-40(35)54(43)49(44)47)52-38-20-10-5-15-32(38)33-27-28-50-29-45(33)52/h3-29H,1-2H3. The lowest BCUT2D eigenvalue weighted by Crippen LogP contribution is -2.13. The molecule has 0 atom stereocenters. The molecule has 0 saturated heterocycles. The number of rotatable bonds is 4. The van der Waals surface area contributed by atoms with Crippen molar-refractivity contribution < 1.29 is 0 Å². The lowest BCUT2D eigenvalue weighted by atomic mass is 10.0. The fourth-order valence-corrected chi connectivity index (χ4v) is 9.45. The van der Waals surface area contributed by atoms with E-state index in [0.29, 0.717) is 0 Å². The number of benzene rings is 7. The smallest absolute Gasteiger partial charge is 0.0804 e. The monoisotopic (exact) mass is 691 g/mol. The summed E-state index contributed by atoms with van der Waals surface area (Å²) in [6.07, 6.45) is 3.91. The Hall–Kier alpha value is -7.11. The second-order valence-electron chi connectivity index (χ2n) is 14.5. The molecule has 54 heavy (non-hydrogen) atoms. The maximum Gasteiger partial charge on any atom is 0.0804 e. The molecule has 12 aromatic rings. The Labute approximate surface area is 310 Å². The van der Waals surface area contributed by atoms with Gasteiger partial charge in [0.1, 0.15) is 0 Å². The highest BCUT2D eigenvalue weighted by Gasteiger charge is 2.27. The summed E-state index contributed by atoms with van der Waals surface area (Å²) in [5.41, 5.74) is 16.6. The zero-order valence-corrected chi connectivity index (χ0v) is 29.8. The van der Waals surface area contributed by atoms with Gasteiger partial charge in [-0.1, -0.05) is 91.0 Å². The minimum Gasteiger partial charge on any atom is -0.309 e. The summed E-state index contributed by atoms with van der Waals surface area (Å²) >= 11 is 0. The van der Waals surface area contributed by atoms with Gasteiger partial charge >= 0.3 is 0 Å². The van der Waals surface area contributed by atoms with Crippen molar-refractivity contribution in [1.82, 2.24) is 18.4 Å². The van der Waals surface area contributed by atoms with Gasteiger partial charge in [0, 0.05) is 49.9 Å². The van der Waals surface area contributed by atoms with Gasteiger partial charge in [-0.3, -0.25) is 4.98 Å². The lowest BCUT2D eigenvalue weighted by molar-refractivity contribution is 1.18. The Morgan fingerprint density at radius 1 is 0.407 bits per heavy atom. The van der Waals surface area contributed by atoms with Gasteiger partial charge in [-0.25, -0.2) is 0 Å². The summed E-state index contributed by atoms with van der Waals surface area (Å²) in [6, 6.07) is 55.5. The molecule has 0 bridgehead atoms. The molecule has 12 rings (SSSR count). The largest absolute Gasteiger partial charge is 0.309 e. The van der Waals surface area contributed by atoms with Crippen LogP contribution in [0.4, 0.5) is 17.1 Å². The van der Waals surface area contributed by atoms with Crippen LogP contribution >= 0.6 is 0 Å². The number of aromatic nitrogens is 4. The first-order chi connectivity index (χ1) is 26.7. The number of fused-ring (bicyclic) bond motifs is 11. The van der Waals surface area contributed by atoms with Crippen LogP contribution < -0.4 is 4.90 Å². The van der Waals surface area contributed by atoms with Crippen molar-refractivity contribution in [3.05, 3.63) is 175 Å². The minimum atomic E-state index is 1.10. The first-order valence-electron chi connectivity index (χ1n) is 18.6. The van der Waals surface area contributed by atoms with Crippen molar-refractivity contribution in [2.45, 2.75) is 13.8 Å². The molecule has 0 aliphatic heterocycles. The van der Waals surface area contributed by atoms with Gasteiger partial charge in [-0.15, -0.1) is 0 Å². The molecule has 5 heterocycles. The Bertz CT molecular complexity index is 3390. The van der Waals surface area contributed by atoms with Crippen molar-refractivity contribution in [3.63, 3.8) is 0 Å². The van der Waals surface area contributed by atoms with E-state index in [-0.39, 0.29) is 0 Å². The van der Waals surface area contributed by atoms with Crippen molar-refractivity contribution in [3.8, 4) is 5.69 Å². The van der Waals surface area contributed by atoms with Gasteiger partial charge < -0.3 is 18.3 Å². The molecule has 0 aliphatic rings. The third-order valence-electron chi connectivity index (χ3n) is 11.7. The van der Waals surface area contributed by atoms with Gasteiger partial charge in [0.25, 0.3) is 0 Å². The van der Waals surface area contributed by atoms with E-state index in [1.54, 1.807) is 0 Å². The maximum absolute atomic E-state index is 4.61. The second kappa shape index (κ2) is 10.7. The van der Waals surface area contributed by atoms with Crippen LogP contribution in [0, 0.1) is 13.8 Å². The fraction of sp³-hybridized carbons (Fsp3) is 0.0408. The Kier molecular flexibility index (Phi) is 5.85. The highest BCUT2D eigenvalue weighted by molar-refractivity contribution is 6.26. The molecule has 0 saturated carbocycles. The van der Waals surface area contributed by atoms with Crippen LogP contribution in [0.2, 0.25) is 0 Å². The summed E-state index contributed by atoms with van der Waals surface area (Å²) < 4.78 is 7.46. The minimum absolute atomic E-state index is 1.10. The third kappa shape index (κ3) is 3.70. The fourth-order valence-electron chi connectivity index (χ4n) is 9.45. The van der Waals surface area contributed by atoms with E-state index in [9.17, 15) is 0 Å². The van der Waals surface area contributed by atoms with Gasteiger partial charge in [0.15, 0.2) is 0 Å². The zero-order chi connectivity index (χ0) is 35.7. The molecular weight excluding hydrogens is 659 g/mol. The maximum atomic E-state index is 4.61. The van der Waals surface area contributed by atoms with E-state index < -0.39 is 0 Å². The Morgan fingerprint density at radius 3 is 1.59 bits per heavy atom. The normalized spacial score (nSPS) is 12.3. The van der Waals surface area contributed by atoms with Crippen LogP contribution in [-0.4, -0.2) is 18.4 Å². The lowest BCUT2D eigenvalue weighted by Gasteiger charge is -2.29. The predicted molar refractivity (Wildman–Crippen MR) is 226 cm³/mol. The van der Waals surface area contributed by atoms with Crippen LogP contribution in [0.5, 0.6) is 0 Å². The molecule has 5 aromatic heterocycles. The zero-order valence-electron chi connectivity index (χ0n) is 29.8. The molecule has 0 aliphatic carbocycles. The molecule has 0 unspecified atom stereocenters. The van der Waals surface area contributed by atoms with E-state index >= 15 is 0 Å². The number of hydrogen-bond donors (Lipinski definition) is 0. The average molecular weight is 692 g/mol. The van der Waals surface area contributed by atoms with Crippen molar-refractivity contribution in [2.75, 3.05) is 4.90 Å². The van der Waals surface area contributed by atoms with Gasteiger partial charge in [-0.2, -0.15) is 0 Å². The summed E-state index contributed by atoms with van der Waals surface area (Å²) in [6.45, 7) is 4.42. The van der Waals surface area contributed by atoms with Crippen molar-refractivity contribution in [2.24, 2.45) is 0 Å². The molecule has 0 fully saturated rings. The molecule has 0 spiro atoms. The number of pyridine rings is 1. The molecule has 0 radical (unpaired) electrons. The van der Waals surface area contributed by atoms with E-state index in [4.69, 9.17) is 0 Å². The number of aryl methyl sites for hydroxylation is 2. The number of nitrogens with zero attached hydrogens (tertiary/aromatic N) is 5. The predicted octanol–water partition coefficient (Wildman–Crippen LogP) is 12.8. The Morgan fingerprint density at radius 2 is 0.926 bits per heavy atom. The van der Waals surface area contributed by atoms with Gasteiger partial charge in [-0.05, 0) is 85.6 Å². The van der Waals surface area contributed by atoms with E-state index in [1.165, 1.54) is 93.4 Å². The Balaban J connectivity index is 1.29. The third-order valence-corrected chi connectivity index (χ3v) is 11.7. The first kappa shape index (κ1) is 29.5.